The molecule has 0 aromatic heterocycles. The van der Waals surface area contributed by atoms with E-state index in [2.05, 4.69) is 16.0 Å². The zero-order valence-electron chi connectivity index (χ0n) is 46.6. The number of hydrogen-bond donors (Lipinski definition) is 4. The number of carbonyl (C=O) groups is 7. The minimum Gasteiger partial charge on any atom is -0.493 e. The van der Waals surface area contributed by atoms with E-state index in [9.17, 15) is 46.5 Å². The van der Waals surface area contributed by atoms with Gasteiger partial charge in [-0.3, -0.25) is 48.0 Å². The van der Waals surface area contributed by atoms with Gasteiger partial charge in [0.1, 0.15) is 5.75 Å². The molecule has 0 fully saturated rings. The Hall–Kier alpha value is -8.43. The first kappa shape index (κ1) is 58.2. The Balaban J connectivity index is 0.749. The number of methoxy groups -OCH3 is 1. The molecule has 21 heteroatoms. The highest BCUT2D eigenvalue weighted by atomic mass is 32.2. The first-order valence-corrected chi connectivity index (χ1v) is 29.0. The van der Waals surface area contributed by atoms with Crippen LogP contribution in [0.4, 0.5) is 17.1 Å². The standard InChI is InChI=1S/C61H67N7O13S/c1-35(2)57(65-54(70)11-8-7-9-22-66-55(71)20-21-56(66)72)50(69)26-38(5)58(73)63-43-18-16-40(17-19-43)41-27-44-32-62-47-30-51(37(4)25-45(47)60(74)67(44)33-41)80-23-10-24-81-53-31-48-46(29-52(53)79-6)61(75)68-34-42(39-14-12-36(3)13-15-39)28-49(68)59(64-48)82(76,77)78/h12-21,25,29-35,38,44,49,57,59,64H,7-11,22-24,26-28H2,1-6H3,(H,63,73)(H,65,70)(H,76,77,78). The molecule has 20 nitrogen and oxygen atoms in total. The molecule has 430 valence electrons. The van der Waals surface area contributed by atoms with E-state index in [1.807, 2.05) is 70.3 Å². The predicted molar refractivity (Wildman–Crippen MR) is 308 cm³/mol. The molecule has 0 saturated carbocycles. The number of amides is 6. The maximum atomic E-state index is 14.1. The van der Waals surface area contributed by atoms with E-state index in [0.29, 0.717) is 54.8 Å². The molecular weight excluding hydrogens is 1070 g/mol. The highest BCUT2D eigenvalue weighted by Gasteiger charge is 2.45. The summed E-state index contributed by atoms with van der Waals surface area (Å²) in [4.78, 5) is 100. The third-order valence-corrected chi connectivity index (χ3v) is 16.3. The largest absolute Gasteiger partial charge is 0.493 e. The number of fused-ring (bicyclic) bond motifs is 4. The molecule has 0 saturated heterocycles. The molecule has 4 aromatic rings. The van der Waals surface area contributed by atoms with Gasteiger partial charge in [-0.2, -0.15) is 8.42 Å². The van der Waals surface area contributed by atoms with Crippen molar-refractivity contribution in [1.29, 1.82) is 0 Å². The van der Waals surface area contributed by atoms with E-state index in [1.165, 1.54) is 41.2 Å². The summed E-state index contributed by atoms with van der Waals surface area (Å²) in [6.45, 7) is 9.79. The lowest BCUT2D eigenvalue weighted by molar-refractivity contribution is -0.137. The molecule has 0 aliphatic carbocycles. The summed E-state index contributed by atoms with van der Waals surface area (Å²) in [6, 6.07) is 19.4. The molecule has 5 aliphatic rings. The highest BCUT2D eigenvalue weighted by molar-refractivity contribution is 7.86. The summed E-state index contributed by atoms with van der Waals surface area (Å²) in [5, 5.41) is 7.12. The van der Waals surface area contributed by atoms with Crippen molar-refractivity contribution >= 4 is 85.8 Å². The van der Waals surface area contributed by atoms with Gasteiger partial charge in [0.15, 0.2) is 22.7 Å². The predicted octanol–water partition coefficient (Wildman–Crippen LogP) is 8.19. The van der Waals surface area contributed by atoms with Crippen molar-refractivity contribution in [3.05, 3.63) is 131 Å². The number of ketones is 1. The molecule has 4 aromatic carbocycles. The number of anilines is 2. The van der Waals surface area contributed by atoms with Gasteiger partial charge in [-0.25, -0.2) is 0 Å². The maximum Gasteiger partial charge on any atom is 0.288 e. The Morgan fingerprint density at radius 2 is 1.41 bits per heavy atom. The molecule has 5 aliphatic heterocycles. The number of unbranched alkanes of at least 4 members (excludes halogenated alkanes) is 2. The summed E-state index contributed by atoms with van der Waals surface area (Å²) in [5.41, 5.74) is 6.84. The molecule has 5 atom stereocenters. The molecule has 0 radical (unpaired) electrons. The number of hydrogen-bond acceptors (Lipinski definition) is 14. The Bertz CT molecular complexity index is 3430. The van der Waals surface area contributed by atoms with Crippen LogP contribution < -0.4 is 30.2 Å². The fraction of sp³-hybridized carbons (Fsp3) is 0.377. The van der Waals surface area contributed by atoms with Gasteiger partial charge in [-0.05, 0) is 91.1 Å². The fourth-order valence-electron chi connectivity index (χ4n) is 10.7. The second kappa shape index (κ2) is 24.7. The number of Topliss-reactive ketones (excluding diaryl/α,β-unsaturated/α-hetero) is 1. The zero-order valence-corrected chi connectivity index (χ0v) is 47.4. The normalized spacial score (nSPS) is 18.8. The summed E-state index contributed by atoms with van der Waals surface area (Å²) in [5.74, 6) is -2.10. The van der Waals surface area contributed by atoms with Gasteiger partial charge in [-0.15, -0.1) is 0 Å². The molecule has 6 amide bonds. The van der Waals surface area contributed by atoms with Crippen molar-refractivity contribution in [2.24, 2.45) is 16.8 Å². The van der Waals surface area contributed by atoms with Crippen molar-refractivity contribution in [1.82, 2.24) is 20.0 Å². The van der Waals surface area contributed by atoms with Crippen LogP contribution in [-0.2, 0) is 34.1 Å². The second-order valence-corrected chi connectivity index (χ2v) is 23.2. The van der Waals surface area contributed by atoms with E-state index in [0.717, 1.165) is 33.4 Å². The van der Waals surface area contributed by atoms with Crippen molar-refractivity contribution in [2.75, 3.05) is 37.5 Å². The van der Waals surface area contributed by atoms with Crippen LogP contribution in [0.2, 0.25) is 0 Å². The number of aryl methyl sites for hydroxylation is 2. The SMILES string of the molecule is COc1cc2c(cc1OCCCOc1cc3c(cc1C)C(=O)N1C=C(c4ccc(NC(=O)C(C)CC(=O)C(NC(=O)CCCCCN5C(=O)C=CC5=O)C(C)C)cc4)CC1C=N3)NC(S(=O)(=O)O)C1CC(c3ccc(C)cc3)=CN1C2=O. The highest BCUT2D eigenvalue weighted by Crippen LogP contribution is 2.43. The van der Waals surface area contributed by atoms with Crippen LogP contribution in [0.1, 0.15) is 115 Å². The molecule has 0 spiro atoms. The van der Waals surface area contributed by atoms with Crippen molar-refractivity contribution < 1.29 is 60.7 Å². The Morgan fingerprint density at radius 1 is 0.768 bits per heavy atom. The van der Waals surface area contributed by atoms with Crippen molar-refractivity contribution in [2.45, 2.75) is 109 Å². The minimum atomic E-state index is -4.70. The minimum absolute atomic E-state index is 0.0761. The zero-order chi connectivity index (χ0) is 58.6. The molecular formula is C61H67N7O13S. The summed E-state index contributed by atoms with van der Waals surface area (Å²) < 4.78 is 54.0. The first-order chi connectivity index (χ1) is 39.2. The van der Waals surface area contributed by atoms with Crippen LogP contribution in [0.25, 0.3) is 11.1 Å². The molecule has 0 bridgehead atoms. The lowest BCUT2D eigenvalue weighted by atomic mass is 9.92. The van der Waals surface area contributed by atoms with Crippen LogP contribution in [0.5, 0.6) is 17.2 Å². The number of nitrogens with zero attached hydrogens (tertiary/aromatic N) is 4. The Kier molecular flexibility index (Phi) is 17.6. The number of rotatable bonds is 23. The molecule has 5 unspecified atom stereocenters. The number of ether oxygens (including phenoxy) is 3. The van der Waals surface area contributed by atoms with Gasteiger partial charge in [0.2, 0.25) is 11.8 Å². The molecule has 4 N–H and O–H groups in total. The Morgan fingerprint density at radius 3 is 2.09 bits per heavy atom. The summed E-state index contributed by atoms with van der Waals surface area (Å²) in [7, 11) is -3.26. The summed E-state index contributed by atoms with van der Waals surface area (Å²) >= 11 is 0. The van der Waals surface area contributed by atoms with Crippen LogP contribution in [0.3, 0.4) is 0 Å². The van der Waals surface area contributed by atoms with E-state index in [4.69, 9.17) is 19.2 Å². The van der Waals surface area contributed by atoms with E-state index >= 15 is 0 Å². The second-order valence-electron chi connectivity index (χ2n) is 21.6. The van der Waals surface area contributed by atoms with Gasteiger partial charge in [-0.1, -0.05) is 69.2 Å². The van der Waals surface area contributed by atoms with Gasteiger partial charge in [0.05, 0.1) is 61.0 Å². The monoisotopic (exact) mass is 1140 g/mol. The smallest absolute Gasteiger partial charge is 0.288 e. The number of carbonyl (C=O) groups excluding carboxylic acids is 7. The average Bonchev–Trinajstić information content (AvgIpc) is 4.32. The number of nitrogens with one attached hydrogen (secondary N) is 3. The number of imide groups is 1. The topological polar surface area (TPSA) is 260 Å². The lowest BCUT2D eigenvalue weighted by Crippen LogP contribution is -2.46. The lowest BCUT2D eigenvalue weighted by Gasteiger charge is -2.26. The van der Waals surface area contributed by atoms with Crippen LogP contribution >= 0.6 is 0 Å². The van der Waals surface area contributed by atoms with Crippen LogP contribution in [-0.4, -0.2) is 125 Å². The Labute approximate surface area is 476 Å². The van der Waals surface area contributed by atoms with Crippen molar-refractivity contribution in [3.63, 3.8) is 0 Å². The van der Waals surface area contributed by atoms with Gasteiger partial charge >= 0.3 is 0 Å². The van der Waals surface area contributed by atoms with Gasteiger partial charge in [0.25, 0.3) is 33.7 Å². The number of aliphatic imine (C=N–C) groups is 1. The fourth-order valence-corrected chi connectivity index (χ4v) is 11.6. The van der Waals surface area contributed by atoms with Gasteiger partial charge < -0.3 is 40.0 Å². The average molecular weight is 1140 g/mol. The molecule has 5 heterocycles. The van der Waals surface area contributed by atoms with E-state index < -0.39 is 39.4 Å². The summed E-state index contributed by atoms with van der Waals surface area (Å²) in [6.07, 6.45) is 10.6. The maximum absolute atomic E-state index is 14.1. The number of benzene rings is 4. The third kappa shape index (κ3) is 13.0. The van der Waals surface area contributed by atoms with Crippen molar-refractivity contribution in [3.8, 4) is 17.2 Å². The first-order valence-electron chi connectivity index (χ1n) is 27.5. The molecule has 82 heavy (non-hydrogen) atoms. The van der Waals surface area contributed by atoms with Crippen LogP contribution in [0.15, 0.2) is 102 Å². The molecule has 9 rings (SSSR count). The van der Waals surface area contributed by atoms with Crippen LogP contribution in [0, 0.1) is 25.7 Å². The third-order valence-electron chi connectivity index (χ3n) is 15.3. The quantitative estimate of drug-likeness (QED) is 0.0310. The van der Waals surface area contributed by atoms with E-state index in [1.54, 1.807) is 48.5 Å². The van der Waals surface area contributed by atoms with E-state index in [-0.39, 0.29) is 109 Å². The van der Waals surface area contributed by atoms with Gasteiger partial charge in [0, 0.05) is 86.7 Å².